The smallest absolute Gasteiger partial charge is 0.258 e. The van der Waals surface area contributed by atoms with Gasteiger partial charge in [0, 0.05) is 29.9 Å². The van der Waals surface area contributed by atoms with E-state index in [9.17, 15) is 4.79 Å². The standard InChI is InChI=1S/C13H15N5OS2/c1-3-4-17-9(2)15-16-13(17)21-8-10-7-11(19)18-5-6-20-12(18)14-10/h5-7H,3-4,8H2,1-2H3. The molecule has 8 heteroatoms. The molecule has 0 radical (unpaired) electrons. The minimum absolute atomic E-state index is 0.0388. The first-order valence-corrected chi connectivity index (χ1v) is 8.54. The maximum absolute atomic E-state index is 11.9. The largest absolute Gasteiger partial charge is 0.306 e. The monoisotopic (exact) mass is 321 g/mol. The van der Waals surface area contributed by atoms with Crippen LogP contribution in [0.2, 0.25) is 0 Å². The van der Waals surface area contributed by atoms with Crippen LogP contribution in [0.4, 0.5) is 0 Å². The lowest BCUT2D eigenvalue weighted by molar-refractivity contribution is 0.605. The van der Waals surface area contributed by atoms with E-state index in [1.807, 2.05) is 12.3 Å². The van der Waals surface area contributed by atoms with Crippen LogP contribution < -0.4 is 5.56 Å². The summed E-state index contributed by atoms with van der Waals surface area (Å²) in [7, 11) is 0. The van der Waals surface area contributed by atoms with Gasteiger partial charge in [0.2, 0.25) is 0 Å². The maximum atomic E-state index is 11.9. The number of thiazole rings is 1. The van der Waals surface area contributed by atoms with Gasteiger partial charge in [0.25, 0.3) is 5.56 Å². The van der Waals surface area contributed by atoms with Crippen LogP contribution in [0.25, 0.3) is 4.96 Å². The molecule has 0 fully saturated rings. The SMILES string of the molecule is CCCn1c(C)nnc1SCc1cc(=O)n2ccsc2n1. The minimum Gasteiger partial charge on any atom is -0.306 e. The summed E-state index contributed by atoms with van der Waals surface area (Å²) in [5, 5.41) is 11.0. The molecule has 0 unspecified atom stereocenters. The molecule has 21 heavy (non-hydrogen) atoms. The highest BCUT2D eigenvalue weighted by molar-refractivity contribution is 7.98. The molecule has 0 atom stereocenters. The lowest BCUT2D eigenvalue weighted by atomic mass is 10.4. The fourth-order valence-corrected chi connectivity index (χ4v) is 3.69. The number of hydrogen-bond donors (Lipinski definition) is 0. The number of hydrogen-bond acceptors (Lipinski definition) is 6. The maximum Gasteiger partial charge on any atom is 0.258 e. The Labute approximate surface area is 129 Å². The van der Waals surface area contributed by atoms with Crippen molar-refractivity contribution in [3.8, 4) is 0 Å². The Hall–Kier alpha value is -1.67. The van der Waals surface area contributed by atoms with Crippen molar-refractivity contribution in [2.24, 2.45) is 0 Å². The van der Waals surface area contributed by atoms with Gasteiger partial charge >= 0.3 is 0 Å². The Morgan fingerprint density at radius 2 is 2.24 bits per heavy atom. The Bertz CT molecular complexity index is 819. The van der Waals surface area contributed by atoms with Gasteiger partial charge in [-0.3, -0.25) is 9.20 Å². The predicted molar refractivity (Wildman–Crippen MR) is 84.0 cm³/mol. The second-order valence-corrected chi connectivity index (χ2v) is 6.43. The van der Waals surface area contributed by atoms with Gasteiger partial charge < -0.3 is 4.57 Å². The van der Waals surface area contributed by atoms with Crippen LogP contribution >= 0.6 is 23.1 Å². The Balaban J connectivity index is 1.81. The third-order valence-electron chi connectivity index (χ3n) is 3.05. The van der Waals surface area contributed by atoms with Crippen LogP contribution in [0, 0.1) is 6.92 Å². The second kappa shape index (κ2) is 5.98. The fourth-order valence-electron chi connectivity index (χ4n) is 2.05. The average Bonchev–Trinajstić information content (AvgIpc) is 3.06. The van der Waals surface area contributed by atoms with Crippen molar-refractivity contribution in [2.75, 3.05) is 0 Å². The normalized spacial score (nSPS) is 11.3. The van der Waals surface area contributed by atoms with E-state index in [1.54, 1.807) is 28.4 Å². The molecule has 0 aliphatic heterocycles. The van der Waals surface area contributed by atoms with E-state index in [4.69, 9.17) is 0 Å². The summed E-state index contributed by atoms with van der Waals surface area (Å²) >= 11 is 3.03. The van der Waals surface area contributed by atoms with Crippen molar-refractivity contribution in [2.45, 2.75) is 37.7 Å². The summed E-state index contributed by atoms with van der Waals surface area (Å²) in [5.41, 5.74) is 0.735. The number of rotatable bonds is 5. The van der Waals surface area contributed by atoms with Crippen LogP contribution in [0.5, 0.6) is 0 Å². The first-order valence-electron chi connectivity index (χ1n) is 6.67. The highest BCUT2D eigenvalue weighted by Gasteiger charge is 2.10. The van der Waals surface area contributed by atoms with E-state index < -0.39 is 0 Å². The van der Waals surface area contributed by atoms with Gasteiger partial charge in [0.05, 0.1) is 5.69 Å². The molecule has 0 aromatic carbocycles. The third-order valence-corrected chi connectivity index (χ3v) is 4.81. The molecule has 0 bridgehead atoms. The van der Waals surface area contributed by atoms with Crippen LogP contribution in [-0.4, -0.2) is 24.1 Å². The summed E-state index contributed by atoms with van der Waals surface area (Å²) < 4.78 is 3.66. The molecule has 0 aliphatic carbocycles. The van der Waals surface area contributed by atoms with Crippen molar-refractivity contribution in [1.82, 2.24) is 24.1 Å². The molecule has 0 amide bonds. The molecule has 0 N–H and O–H groups in total. The third kappa shape index (κ3) is 2.86. The number of fused-ring (bicyclic) bond motifs is 1. The van der Waals surface area contributed by atoms with Gasteiger partial charge in [-0.2, -0.15) is 0 Å². The molecule has 3 heterocycles. The van der Waals surface area contributed by atoms with Gasteiger partial charge in [0.15, 0.2) is 10.1 Å². The summed E-state index contributed by atoms with van der Waals surface area (Å²) in [5.74, 6) is 1.53. The van der Waals surface area contributed by atoms with Crippen LogP contribution in [0.1, 0.15) is 24.9 Å². The minimum atomic E-state index is -0.0388. The second-order valence-electron chi connectivity index (χ2n) is 4.61. The molecule has 0 spiro atoms. The quantitative estimate of drug-likeness (QED) is 0.675. The lowest BCUT2D eigenvalue weighted by Crippen LogP contribution is -2.12. The topological polar surface area (TPSA) is 65.1 Å². The summed E-state index contributed by atoms with van der Waals surface area (Å²) in [6, 6.07) is 1.58. The van der Waals surface area contributed by atoms with Crippen molar-refractivity contribution < 1.29 is 0 Å². The van der Waals surface area contributed by atoms with Crippen molar-refractivity contribution in [1.29, 1.82) is 0 Å². The van der Waals surface area contributed by atoms with Crippen LogP contribution in [0.3, 0.4) is 0 Å². The zero-order valence-corrected chi connectivity index (χ0v) is 13.4. The van der Waals surface area contributed by atoms with E-state index in [1.165, 1.54) is 11.3 Å². The van der Waals surface area contributed by atoms with Gasteiger partial charge in [0.1, 0.15) is 5.82 Å². The first kappa shape index (κ1) is 14.3. The van der Waals surface area contributed by atoms with E-state index in [0.717, 1.165) is 34.6 Å². The van der Waals surface area contributed by atoms with Crippen LogP contribution in [0.15, 0.2) is 27.6 Å². The average molecular weight is 321 g/mol. The molecule has 110 valence electrons. The molecular formula is C13H15N5OS2. The Kier molecular flexibility index (Phi) is 4.07. The van der Waals surface area contributed by atoms with Crippen molar-refractivity contribution in [3.63, 3.8) is 0 Å². The molecule has 3 aromatic rings. The van der Waals surface area contributed by atoms with Crippen molar-refractivity contribution in [3.05, 3.63) is 39.5 Å². The van der Waals surface area contributed by atoms with E-state index in [0.29, 0.717) is 5.75 Å². The molecule has 0 saturated heterocycles. The fraction of sp³-hybridized carbons (Fsp3) is 0.385. The molecule has 0 aliphatic rings. The summed E-state index contributed by atoms with van der Waals surface area (Å²) in [6.45, 7) is 4.98. The van der Waals surface area contributed by atoms with Gasteiger partial charge in [-0.25, -0.2) is 4.98 Å². The summed E-state index contributed by atoms with van der Waals surface area (Å²) in [4.78, 5) is 17.2. The zero-order chi connectivity index (χ0) is 14.8. The molecule has 0 saturated carbocycles. The first-order chi connectivity index (χ1) is 10.2. The van der Waals surface area contributed by atoms with Gasteiger partial charge in [-0.15, -0.1) is 21.5 Å². The Morgan fingerprint density at radius 3 is 3.05 bits per heavy atom. The predicted octanol–water partition coefficient (Wildman–Crippen LogP) is 2.36. The van der Waals surface area contributed by atoms with Gasteiger partial charge in [-0.05, 0) is 13.3 Å². The van der Waals surface area contributed by atoms with Crippen LogP contribution in [-0.2, 0) is 12.3 Å². The van der Waals surface area contributed by atoms with E-state index in [2.05, 4.69) is 26.7 Å². The Morgan fingerprint density at radius 1 is 1.38 bits per heavy atom. The molecule has 6 nitrogen and oxygen atoms in total. The van der Waals surface area contributed by atoms with Crippen molar-refractivity contribution >= 4 is 28.1 Å². The van der Waals surface area contributed by atoms with E-state index >= 15 is 0 Å². The molecule has 3 rings (SSSR count). The summed E-state index contributed by atoms with van der Waals surface area (Å²) in [6.07, 6.45) is 2.78. The number of aromatic nitrogens is 5. The van der Waals surface area contributed by atoms with E-state index in [-0.39, 0.29) is 5.56 Å². The molecule has 3 aromatic heterocycles. The molecular weight excluding hydrogens is 306 g/mol. The van der Waals surface area contributed by atoms with Gasteiger partial charge in [-0.1, -0.05) is 18.7 Å². The number of thioether (sulfide) groups is 1. The number of aryl methyl sites for hydroxylation is 1. The highest BCUT2D eigenvalue weighted by atomic mass is 32.2. The zero-order valence-electron chi connectivity index (χ0n) is 11.8. The lowest BCUT2D eigenvalue weighted by Gasteiger charge is -2.06. The number of nitrogens with zero attached hydrogens (tertiary/aromatic N) is 5. The highest BCUT2D eigenvalue weighted by Crippen LogP contribution is 2.21.